The van der Waals surface area contributed by atoms with Gasteiger partial charge in [0.15, 0.2) is 11.5 Å². The van der Waals surface area contributed by atoms with Gasteiger partial charge in [0.1, 0.15) is 0 Å². The fourth-order valence-electron chi connectivity index (χ4n) is 4.78. The van der Waals surface area contributed by atoms with Crippen molar-refractivity contribution in [1.82, 2.24) is 10.2 Å². The molecule has 29 heavy (non-hydrogen) atoms. The number of methoxy groups -OCH3 is 2. The van der Waals surface area contributed by atoms with Gasteiger partial charge < -0.3 is 19.7 Å². The van der Waals surface area contributed by atoms with Crippen LogP contribution in [0.25, 0.3) is 0 Å². The summed E-state index contributed by atoms with van der Waals surface area (Å²) in [5, 5.41) is 3.67. The number of amides is 1. The molecule has 1 aromatic rings. The van der Waals surface area contributed by atoms with E-state index in [0.29, 0.717) is 36.2 Å². The molecule has 0 aromatic heterocycles. The van der Waals surface area contributed by atoms with Gasteiger partial charge in [0.25, 0.3) is 0 Å². The van der Waals surface area contributed by atoms with E-state index in [1.165, 1.54) is 18.4 Å². The van der Waals surface area contributed by atoms with Crippen LogP contribution < -0.4 is 14.8 Å². The fraction of sp³-hybridized carbons (Fsp3) is 0.696. The molecule has 2 saturated heterocycles. The van der Waals surface area contributed by atoms with Gasteiger partial charge in [-0.1, -0.05) is 19.9 Å². The molecule has 2 unspecified atom stereocenters. The second-order valence-corrected chi connectivity index (χ2v) is 8.85. The molecule has 0 aliphatic carbocycles. The van der Waals surface area contributed by atoms with Crippen molar-refractivity contribution >= 4 is 18.3 Å². The van der Waals surface area contributed by atoms with Gasteiger partial charge in [-0.2, -0.15) is 0 Å². The molecule has 0 spiro atoms. The van der Waals surface area contributed by atoms with Crippen LogP contribution in [0.5, 0.6) is 11.5 Å². The molecule has 1 aromatic carbocycles. The Labute approximate surface area is 181 Å². The molecule has 0 radical (unpaired) electrons. The van der Waals surface area contributed by atoms with E-state index in [0.717, 1.165) is 43.9 Å². The van der Waals surface area contributed by atoms with E-state index in [2.05, 4.69) is 30.1 Å². The number of hydrogen-bond donors (Lipinski definition) is 1. The number of halogens is 1. The number of piperidine rings is 1. The highest BCUT2D eigenvalue weighted by Gasteiger charge is 2.34. The third kappa shape index (κ3) is 6.51. The summed E-state index contributed by atoms with van der Waals surface area (Å²) in [6.07, 6.45) is 6.42. The van der Waals surface area contributed by atoms with Crippen molar-refractivity contribution in [3.05, 3.63) is 23.8 Å². The van der Waals surface area contributed by atoms with Gasteiger partial charge in [-0.15, -0.1) is 12.4 Å². The maximum atomic E-state index is 13.1. The minimum atomic E-state index is 0. The highest BCUT2D eigenvalue weighted by molar-refractivity contribution is 5.85. The van der Waals surface area contributed by atoms with E-state index >= 15 is 0 Å². The van der Waals surface area contributed by atoms with Crippen molar-refractivity contribution in [3.8, 4) is 11.5 Å². The standard InChI is InChI=1S/C23H36N2O3.ClH/c1-16(2)15-25(10-9-17-5-8-21(27-3)22(13-17)28-4)23(26)14-18-11-19-6-7-20(12-18)24-19;/h5,8,13,16,18-20,24H,6-7,9-12,14-15H2,1-4H3;1H. The summed E-state index contributed by atoms with van der Waals surface area (Å²) in [6.45, 7) is 5.94. The summed E-state index contributed by atoms with van der Waals surface area (Å²) in [5.41, 5.74) is 1.17. The molecule has 2 aliphatic heterocycles. The Morgan fingerprint density at radius 3 is 2.38 bits per heavy atom. The third-order valence-electron chi connectivity index (χ3n) is 6.09. The summed E-state index contributed by atoms with van der Waals surface area (Å²) in [5.74, 6) is 2.81. The van der Waals surface area contributed by atoms with Gasteiger partial charge in [-0.3, -0.25) is 4.79 Å². The van der Waals surface area contributed by atoms with Crippen LogP contribution in [-0.4, -0.2) is 50.2 Å². The Morgan fingerprint density at radius 2 is 1.79 bits per heavy atom. The van der Waals surface area contributed by atoms with Gasteiger partial charge in [0.05, 0.1) is 14.2 Å². The third-order valence-corrected chi connectivity index (χ3v) is 6.09. The molecule has 6 heteroatoms. The Morgan fingerprint density at radius 1 is 1.14 bits per heavy atom. The summed E-state index contributed by atoms with van der Waals surface area (Å²) in [6, 6.07) is 7.29. The second kappa shape index (κ2) is 11.1. The predicted octanol–water partition coefficient (Wildman–Crippen LogP) is 4.07. The molecule has 1 amide bonds. The summed E-state index contributed by atoms with van der Waals surface area (Å²) in [4.78, 5) is 15.2. The van der Waals surface area contributed by atoms with Crippen LogP contribution in [0.2, 0.25) is 0 Å². The highest BCUT2D eigenvalue weighted by Crippen LogP contribution is 2.33. The van der Waals surface area contributed by atoms with Gasteiger partial charge >= 0.3 is 0 Å². The first-order valence-corrected chi connectivity index (χ1v) is 10.7. The lowest BCUT2D eigenvalue weighted by Crippen LogP contribution is -2.41. The molecular formula is C23H37ClN2O3. The minimum Gasteiger partial charge on any atom is -0.493 e. The van der Waals surface area contributed by atoms with Crippen molar-refractivity contribution in [2.45, 2.75) is 64.5 Å². The Kier molecular flexibility index (Phi) is 9.09. The SMILES string of the molecule is COc1ccc(CCN(CC(C)C)C(=O)CC2CC3CCC(C2)N3)cc1OC.Cl. The quantitative estimate of drug-likeness (QED) is 0.649. The van der Waals surface area contributed by atoms with Crippen molar-refractivity contribution in [3.63, 3.8) is 0 Å². The van der Waals surface area contributed by atoms with E-state index in [4.69, 9.17) is 9.47 Å². The van der Waals surface area contributed by atoms with Crippen LogP contribution in [0, 0.1) is 11.8 Å². The lowest BCUT2D eigenvalue weighted by molar-refractivity contribution is -0.133. The molecule has 0 saturated carbocycles. The van der Waals surface area contributed by atoms with E-state index in [1.807, 2.05) is 12.1 Å². The summed E-state index contributed by atoms with van der Waals surface area (Å²) >= 11 is 0. The molecule has 2 bridgehead atoms. The van der Waals surface area contributed by atoms with Gasteiger partial charge in [-0.05, 0) is 61.6 Å². The number of rotatable bonds is 9. The zero-order valence-electron chi connectivity index (χ0n) is 18.3. The highest BCUT2D eigenvalue weighted by atomic mass is 35.5. The number of nitrogens with zero attached hydrogens (tertiary/aromatic N) is 1. The molecule has 3 rings (SSSR count). The van der Waals surface area contributed by atoms with Crippen LogP contribution in [0.15, 0.2) is 18.2 Å². The van der Waals surface area contributed by atoms with E-state index in [-0.39, 0.29) is 12.4 Å². The summed E-state index contributed by atoms with van der Waals surface area (Å²) < 4.78 is 10.7. The molecule has 2 fully saturated rings. The van der Waals surface area contributed by atoms with Crippen LogP contribution in [-0.2, 0) is 11.2 Å². The van der Waals surface area contributed by atoms with Crippen molar-refractivity contribution in [2.24, 2.45) is 11.8 Å². The normalized spacial score (nSPS) is 22.9. The number of carbonyl (C=O) groups is 1. The molecule has 2 atom stereocenters. The molecule has 164 valence electrons. The van der Waals surface area contributed by atoms with Gasteiger partial charge in [0, 0.05) is 31.6 Å². The van der Waals surface area contributed by atoms with Crippen molar-refractivity contribution in [2.75, 3.05) is 27.3 Å². The van der Waals surface area contributed by atoms with E-state index in [1.54, 1.807) is 14.2 Å². The number of benzene rings is 1. The number of carbonyl (C=O) groups excluding carboxylic acids is 1. The monoisotopic (exact) mass is 424 g/mol. The van der Waals surface area contributed by atoms with Crippen LogP contribution in [0.1, 0.15) is 51.5 Å². The van der Waals surface area contributed by atoms with Gasteiger partial charge in [-0.25, -0.2) is 0 Å². The second-order valence-electron chi connectivity index (χ2n) is 8.85. The van der Waals surface area contributed by atoms with Crippen molar-refractivity contribution < 1.29 is 14.3 Å². The first-order chi connectivity index (χ1) is 13.5. The number of ether oxygens (including phenoxy) is 2. The van der Waals surface area contributed by atoms with Crippen LogP contribution in [0.4, 0.5) is 0 Å². The predicted molar refractivity (Wildman–Crippen MR) is 119 cm³/mol. The van der Waals surface area contributed by atoms with Crippen molar-refractivity contribution in [1.29, 1.82) is 0 Å². The number of fused-ring (bicyclic) bond motifs is 2. The first-order valence-electron chi connectivity index (χ1n) is 10.7. The zero-order valence-corrected chi connectivity index (χ0v) is 19.1. The Balaban J connectivity index is 0.00000300. The zero-order chi connectivity index (χ0) is 20.1. The van der Waals surface area contributed by atoms with E-state index in [9.17, 15) is 4.79 Å². The van der Waals surface area contributed by atoms with E-state index < -0.39 is 0 Å². The smallest absolute Gasteiger partial charge is 0.222 e. The first kappa shape index (κ1) is 23.8. The maximum Gasteiger partial charge on any atom is 0.222 e. The minimum absolute atomic E-state index is 0. The number of nitrogens with one attached hydrogen (secondary N) is 1. The number of hydrogen-bond acceptors (Lipinski definition) is 4. The van der Waals surface area contributed by atoms with Crippen LogP contribution in [0.3, 0.4) is 0 Å². The summed E-state index contributed by atoms with van der Waals surface area (Å²) in [7, 11) is 3.30. The van der Waals surface area contributed by atoms with Crippen LogP contribution >= 0.6 is 12.4 Å². The molecular weight excluding hydrogens is 388 g/mol. The van der Waals surface area contributed by atoms with Gasteiger partial charge in [0.2, 0.25) is 5.91 Å². The Hall–Kier alpha value is -1.46. The lowest BCUT2D eigenvalue weighted by Gasteiger charge is -2.31. The fourth-order valence-corrected chi connectivity index (χ4v) is 4.78. The Bertz CT molecular complexity index is 656. The molecule has 2 aliphatic rings. The molecule has 2 heterocycles. The molecule has 1 N–H and O–H groups in total. The average molecular weight is 425 g/mol. The lowest BCUT2D eigenvalue weighted by atomic mass is 9.89. The average Bonchev–Trinajstić information content (AvgIpc) is 3.02. The largest absolute Gasteiger partial charge is 0.493 e. The topological polar surface area (TPSA) is 50.8 Å². The molecule has 5 nitrogen and oxygen atoms in total. The maximum absolute atomic E-state index is 13.1.